The Bertz CT molecular complexity index is 516. The summed E-state index contributed by atoms with van der Waals surface area (Å²) in [6.45, 7) is 9.36. The van der Waals surface area contributed by atoms with E-state index in [1.54, 1.807) is 0 Å². The van der Waals surface area contributed by atoms with Crippen molar-refractivity contribution in [3.63, 3.8) is 0 Å². The maximum absolute atomic E-state index is 12.7. The predicted octanol–water partition coefficient (Wildman–Crippen LogP) is 2.53. The average Bonchev–Trinajstić information content (AvgIpc) is 2.95. The van der Waals surface area contributed by atoms with Crippen molar-refractivity contribution in [2.45, 2.75) is 65.6 Å². The molecule has 0 amide bonds. The first-order chi connectivity index (χ1) is 10.1. The van der Waals surface area contributed by atoms with Crippen LogP contribution in [0.1, 0.15) is 49.4 Å². The molecular weight excluding hydrogens is 264 g/mol. The highest BCUT2D eigenvalue weighted by atomic mass is 16.5. The minimum Gasteiger partial charge on any atom is -0.376 e. The third-order valence-electron chi connectivity index (χ3n) is 4.25. The molecule has 1 N–H and O–H groups in total. The van der Waals surface area contributed by atoms with Crippen molar-refractivity contribution in [3.8, 4) is 0 Å². The Hall–Kier alpha value is -1.13. The Morgan fingerprint density at radius 3 is 2.90 bits per heavy atom. The zero-order chi connectivity index (χ0) is 15.2. The van der Waals surface area contributed by atoms with E-state index >= 15 is 0 Å². The van der Waals surface area contributed by atoms with Crippen molar-refractivity contribution in [2.75, 3.05) is 13.2 Å². The van der Waals surface area contributed by atoms with Crippen LogP contribution in [0, 0.1) is 13.8 Å². The lowest BCUT2D eigenvalue weighted by molar-refractivity contribution is 0.0955. The molecule has 0 saturated carbocycles. The zero-order valence-corrected chi connectivity index (χ0v) is 13.6. The maximum Gasteiger partial charge on any atom is 0.255 e. The number of hydrogen-bond donors (Lipinski definition) is 1. The van der Waals surface area contributed by atoms with Gasteiger partial charge in [0.05, 0.1) is 12.6 Å². The molecule has 0 bridgehead atoms. The highest BCUT2D eigenvalue weighted by Gasteiger charge is 2.19. The standard InChI is InChI=1S/C17H28N2O2/c1-4-5-8-18-11-16-13(2)10-14(3)19(17(16)20)12-15-7-6-9-21-15/h10,15,18H,4-9,11-12H2,1-3H3. The molecule has 1 aliphatic rings. The molecule has 0 aromatic carbocycles. The average molecular weight is 292 g/mol. The largest absolute Gasteiger partial charge is 0.376 e. The van der Waals surface area contributed by atoms with E-state index in [2.05, 4.69) is 18.3 Å². The van der Waals surface area contributed by atoms with Crippen LogP contribution in [0.15, 0.2) is 10.9 Å². The first-order valence-electron chi connectivity index (χ1n) is 8.15. The lowest BCUT2D eigenvalue weighted by Crippen LogP contribution is -2.33. The summed E-state index contributed by atoms with van der Waals surface area (Å²) < 4.78 is 7.56. The van der Waals surface area contributed by atoms with Gasteiger partial charge in [-0.05, 0) is 51.3 Å². The molecule has 2 rings (SSSR count). The van der Waals surface area contributed by atoms with Crippen LogP contribution in [0.2, 0.25) is 0 Å². The van der Waals surface area contributed by atoms with E-state index in [-0.39, 0.29) is 11.7 Å². The normalized spacial score (nSPS) is 18.3. The summed E-state index contributed by atoms with van der Waals surface area (Å²) in [7, 11) is 0. The van der Waals surface area contributed by atoms with Crippen LogP contribution in [0.4, 0.5) is 0 Å². The summed E-state index contributed by atoms with van der Waals surface area (Å²) in [5.74, 6) is 0. The number of unbranched alkanes of at least 4 members (excludes halogenated alkanes) is 1. The van der Waals surface area contributed by atoms with Gasteiger partial charge in [0.25, 0.3) is 5.56 Å². The number of nitrogens with zero attached hydrogens (tertiary/aromatic N) is 1. The van der Waals surface area contributed by atoms with Gasteiger partial charge in [0.15, 0.2) is 0 Å². The molecule has 1 fully saturated rings. The molecule has 1 aliphatic heterocycles. The third kappa shape index (κ3) is 4.17. The van der Waals surface area contributed by atoms with E-state index in [0.29, 0.717) is 13.1 Å². The Morgan fingerprint density at radius 1 is 1.43 bits per heavy atom. The topological polar surface area (TPSA) is 43.3 Å². The first-order valence-corrected chi connectivity index (χ1v) is 8.15. The molecular formula is C17H28N2O2. The van der Waals surface area contributed by atoms with Crippen molar-refractivity contribution in [3.05, 3.63) is 33.2 Å². The van der Waals surface area contributed by atoms with Crippen LogP contribution >= 0.6 is 0 Å². The summed E-state index contributed by atoms with van der Waals surface area (Å²) in [5.41, 5.74) is 3.16. The molecule has 118 valence electrons. The van der Waals surface area contributed by atoms with Gasteiger partial charge >= 0.3 is 0 Å². The molecule has 21 heavy (non-hydrogen) atoms. The Kier molecular flexibility index (Phi) is 6.00. The van der Waals surface area contributed by atoms with Gasteiger partial charge in [-0.3, -0.25) is 4.79 Å². The van der Waals surface area contributed by atoms with Gasteiger partial charge in [-0.2, -0.15) is 0 Å². The number of pyridine rings is 1. The van der Waals surface area contributed by atoms with Gasteiger partial charge < -0.3 is 14.6 Å². The van der Waals surface area contributed by atoms with Gasteiger partial charge in [0.2, 0.25) is 0 Å². The second kappa shape index (κ2) is 7.76. The second-order valence-corrected chi connectivity index (χ2v) is 6.03. The molecule has 4 nitrogen and oxygen atoms in total. The fourth-order valence-corrected chi connectivity index (χ4v) is 2.92. The van der Waals surface area contributed by atoms with Gasteiger partial charge in [0, 0.05) is 24.4 Å². The van der Waals surface area contributed by atoms with E-state index < -0.39 is 0 Å². The first kappa shape index (κ1) is 16.2. The Balaban J connectivity index is 2.14. The van der Waals surface area contributed by atoms with Crippen LogP contribution in [-0.4, -0.2) is 23.8 Å². The van der Waals surface area contributed by atoms with E-state index in [4.69, 9.17) is 4.74 Å². The zero-order valence-electron chi connectivity index (χ0n) is 13.6. The Labute approximate surface area is 127 Å². The van der Waals surface area contributed by atoms with Crippen LogP contribution in [0.25, 0.3) is 0 Å². The van der Waals surface area contributed by atoms with Gasteiger partial charge in [-0.25, -0.2) is 0 Å². The molecule has 1 atom stereocenters. The van der Waals surface area contributed by atoms with E-state index in [1.807, 2.05) is 18.4 Å². The molecule has 1 unspecified atom stereocenters. The van der Waals surface area contributed by atoms with E-state index in [0.717, 1.165) is 49.2 Å². The van der Waals surface area contributed by atoms with Crippen molar-refractivity contribution >= 4 is 0 Å². The predicted molar refractivity (Wildman–Crippen MR) is 85.8 cm³/mol. The lowest BCUT2D eigenvalue weighted by Gasteiger charge is -2.18. The summed E-state index contributed by atoms with van der Waals surface area (Å²) in [6, 6.07) is 2.12. The fourth-order valence-electron chi connectivity index (χ4n) is 2.92. The highest BCUT2D eigenvalue weighted by Crippen LogP contribution is 2.15. The van der Waals surface area contributed by atoms with Crippen LogP contribution in [0.3, 0.4) is 0 Å². The summed E-state index contributed by atoms with van der Waals surface area (Å²) in [4.78, 5) is 12.7. The molecule has 1 aromatic heterocycles. The van der Waals surface area contributed by atoms with Gasteiger partial charge in [-0.15, -0.1) is 0 Å². The quantitative estimate of drug-likeness (QED) is 0.785. The SMILES string of the molecule is CCCCNCc1c(C)cc(C)n(CC2CCCO2)c1=O. The van der Waals surface area contributed by atoms with Gasteiger partial charge in [-0.1, -0.05) is 13.3 Å². The number of hydrogen-bond acceptors (Lipinski definition) is 3. The van der Waals surface area contributed by atoms with E-state index in [9.17, 15) is 4.79 Å². The van der Waals surface area contributed by atoms with Crippen molar-refractivity contribution < 1.29 is 4.74 Å². The summed E-state index contributed by atoms with van der Waals surface area (Å²) in [6.07, 6.45) is 4.68. The molecule has 0 aliphatic carbocycles. The summed E-state index contributed by atoms with van der Waals surface area (Å²) in [5, 5.41) is 3.38. The van der Waals surface area contributed by atoms with Crippen molar-refractivity contribution in [1.82, 2.24) is 9.88 Å². The molecule has 0 spiro atoms. The molecule has 1 saturated heterocycles. The monoisotopic (exact) mass is 292 g/mol. The van der Waals surface area contributed by atoms with Crippen molar-refractivity contribution in [1.29, 1.82) is 0 Å². The number of ether oxygens (including phenoxy) is 1. The number of aryl methyl sites for hydroxylation is 2. The summed E-state index contributed by atoms with van der Waals surface area (Å²) >= 11 is 0. The molecule has 0 radical (unpaired) electrons. The number of aromatic nitrogens is 1. The second-order valence-electron chi connectivity index (χ2n) is 6.03. The lowest BCUT2D eigenvalue weighted by atomic mass is 10.1. The van der Waals surface area contributed by atoms with Crippen LogP contribution in [-0.2, 0) is 17.8 Å². The van der Waals surface area contributed by atoms with Crippen LogP contribution in [0.5, 0.6) is 0 Å². The molecule has 1 aromatic rings. The maximum atomic E-state index is 12.7. The molecule has 2 heterocycles. The van der Waals surface area contributed by atoms with Gasteiger partial charge in [0.1, 0.15) is 0 Å². The minimum absolute atomic E-state index is 0.145. The van der Waals surface area contributed by atoms with Crippen molar-refractivity contribution in [2.24, 2.45) is 0 Å². The smallest absolute Gasteiger partial charge is 0.255 e. The third-order valence-corrected chi connectivity index (χ3v) is 4.25. The number of nitrogens with one attached hydrogen (secondary N) is 1. The Morgan fingerprint density at radius 2 is 2.24 bits per heavy atom. The van der Waals surface area contributed by atoms with E-state index in [1.165, 1.54) is 6.42 Å². The fraction of sp³-hybridized carbons (Fsp3) is 0.706. The number of rotatable bonds is 7. The minimum atomic E-state index is 0.145. The highest BCUT2D eigenvalue weighted by molar-refractivity contribution is 5.26. The van der Waals surface area contributed by atoms with Crippen LogP contribution < -0.4 is 10.9 Å². The molecule has 4 heteroatoms.